The number of rotatable bonds is 4. The van der Waals surface area contributed by atoms with Crippen LogP contribution < -0.4 is 5.32 Å². The van der Waals surface area contributed by atoms with Crippen molar-refractivity contribution in [1.29, 1.82) is 0 Å². The number of amides is 1. The van der Waals surface area contributed by atoms with E-state index in [2.05, 4.69) is 27.2 Å². The summed E-state index contributed by atoms with van der Waals surface area (Å²) in [5, 5.41) is 8.76. The lowest BCUT2D eigenvalue weighted by Gasteiger charge is -2.17. The summed E-state index contributed by atoms with van der Waals surface area (Å²) in [6, 6.07) is 10.1. The molecule has 0 aliphatic carbocycles. The number of aryl methyl sites for hydroxylation is 1. The first kappa shape index (κ1) is 16.6. The SMILES string of the molecule is O=C(CCc1cc2n(n1)CCNC2)N1CCC(c2ccccc2Cl)C1. The molecule has 1 unspecified atom stereocenters. The molecule has 1 aromatic carbocycles. The van der Waals surface area contributed by atoms with Gasteiger partial charge in [-0.3, -0.25) is 9.48 Å². The van der Waals surface area contributed by atoms with Crippen LogP contribution in [0.3, 0.4) is 0 Å². The lowest BCUT2D eigenvalue weighted by molar-refractivity contribution is -0.130. The third kappa shape index (κ3) is 3.58. The predicted molar refractivity (Wildman–Crippen MR) is 97.6 cm³/mol. The molecule has 2 aliphatic heterocycles. The Labute approximate surface area is 153 Å². The molecule has 1 N–H and O–H groups in total. The number of nitrogens with zero attached hydrogens (tertiary/aromatic N) is 3. The fraction of sp³-hybridized carbons (Fsp3) is 0.474. The molecule has 4 rings (SSSR count). The fourth-order valence-electron chi connectivity index (χ4n) is 3.81. The van der Waals surface area contributed by atoms with Crippen molar-refractivity contribution in [1.82, 2.24) is 20.0 Å². The Balaban J connectivity index is 1.33. The molecule has 132 valence electrons. The molecule has 0 spiro atoms. The van der Waals surface area contributed by atoms with Crippen molar-refractivity contribution in [3.05, 3.63) is 52.3 Å². The number of aromatic nitrogens is 2. The van der Waals surface area contributed by atoms with Crippen molar-refractivity contribution in [3.8, 4) is 0 Å². The second kappa shape index (κ2) is 7.18. The minimum absolute atomic E-state index is 0.221. The van der Waals surface area contributed by atoms with Crippen molar-refractivity contribution in [2.24, 2.45) is 0 Å². The van der Waals surface area contributed by atoms with Gasteiger partial charge in [0.25, 0.3) is 0 Å². The largest absolute Gasteiger partial charge is 0.342 e. The van der Waals surface area contributed by atoms with Gasteiger partial charge in [-0.15, -0.1) is 0 Å². The summed E-state index contributed by atoms with van der Waals surface area (Å²) < 4.78 is 2.06. The van der Waals surface area contributed by atoms with Gasteiger partial charge in [0, 0.05) is 50.0 Å². The van der Waals surface area contributed by atoms with Crippen LogP contribution in [0, 0.1) is 0 Å². The zero-order chi connectivity index (χ0) is 17.2. The van der Waals surface area contributed by atoms with E-state index >= 15 is 0 Å². The van der Waals surface area contributed by atoms with E-state index in [0.29, 0.717) is 18.8 Å². The average molecular weight is 359 g/mol. The Morgan fingerprint density at radius 1 is 1.32 bits per heavy atom. The standard InChI is InChI=1S/C19H23ClN4O/c20-18-4-2-1-3-17(18)14-7-9-23(13-14)19(25)6-5-15-11-16-12-21-8-10-24(16)22-15/h1-4,11,14,21H,5-10,12-13H2. The number of fused-ring (bicyclic) bond motifs is 1. The van der Waals surface area contributed by atoms with Crippen LogP contribution in [0.4, 0.5) is 0 Å². The number of carbonyl (C=O) groups excluding carboxylic acids is 1. The van der Waals surface area contributed by atoms with Gasteiger partial charge in [0.05, 0.1) is 17.9 Å². The van der Waals surface area contributed by atoms with E-state index in [-0.39, 0.29) is 5.91 Å². The van der Waals surface area contributed by atoms with E-state index in [4.69, 9.17) is 11.6 Å². The van der Waals surface area contributed by atoms with Crippen molar-refractivity contribution < 1.29 is 4.79 Å². The maximum atomic E-state index is 12.6. The average Bonchev–Trinajstić information content (AvgIpc) is 3.27. The van der Waals surface area contributed by atoms with E-state index in [1.165, 1.54) is 5.69 Å². The summed E-state index contributed by atoms with van der Waals surface area (Å²) in [4.78, 5) is 14.5. The van der Waals surface area contributed by atoms with E-state index in [1.807, 2.05) is 23.1 Å². The second-order valence-corrected chi connectivity index (χ2v) is 7.28. The van der Waals surface area contributed by atoms with Crippen LogP contribution >= 0.6 is 11.6 Å². The molecule has 0 saturated carbocycles. The topological polar surface area (TPSA) is 50.2 Å². The number of hydrogen-bond donors (Lipinski definition) is 1. The molecule has 1 amide bonds. The van der Waals surface area contributed by atoms with Crippen LogP contribution in [0.1, 0.15) is 35.7 Å². The van der Waals surface area contributed by atoms with Crippen molar-refractivity contribution in [2.45, 2.75) is 38.3 Å². The molecule has 2 aliphatic rings. The van der Waals surface area contributed by atoms with Crippen LogP contribution in [0.5, 0.6) is 0 Å². The summed E-state index contributed by atoms with van der Waals surface area (Å²) in [5.74, 6) is 0.572. The Bertz CT molecular complexity index is 749. The van der Waals surface area contributed by atoms with Crippen molar-refractivity contribution in [3.63, 3.8) is 0 Å². The van der Waals surface area contributed by atoms with Crippen LogP contribution in [-0.2, 0) is 24.3 Å². The van der Waals surface area contributed by atoms with Gasteiger partial charge in [0.15, 0.2) is 0 Å². The van der Waals surface area contributed by atoms with Gasteiger partial charge in [-0.1, -0.05) is 29.8 Å². The van der Waals surface area contributed by atoms with Gasteiger partial charge in [0.2, 0.25) is 5.91 Å². The summed E-state index contributed by atoms with van der Waals surface area (Å²) in [6.45, 7) is 4.33. The molecule has 25 heavy (non-hydrogen) atoms. The highest BCUT2D eigenvalue weighted by atomic mass is 35.5. The van der Waals surface area contributed by atoms with Crippen LogP contribution in [-0.4, -0.2) is 40.2 Å². The minimum Gasteiger partial charge on any atom is -0.342 e. The van der Waals surface area contributed by atoms with Gasteiger partial charge in [-0.25, -0.2) is 0 Å². The third-order valence-corrected chi connectivity index (χ3v) is 5.55. The lowest BCUT2D eigenvalue weighted by Crippen LogP contribution is -2.28. The molecular weight excluding hydrogens is 336 g/mol. The molecule has 2 aromatic rings. The molecule has 0 radical (unpaired) electrons. The minimum atomic E-state index is 0.221. The summed E-state index contributed by atoms with van der Waals surface area (Å²) in [7, 11) is 0. The summed E-state index contributed by atoms with van der Waals surface area (Å²) in [6.07, 6.45) is 2.23. The molecular formula is C19H23ClN4O. The number of halogens is 1. The maximum Gasteiger partial charge on any atom is 0.222 e. The lowest BCUT2D eigenvalue weighted by atomic mass is 9.98. The van der Waals surface area contributed by atoms with Gasteiger partial charge < -0.3 is 10.2 Å². The first-order chi connectivity index (χ1) is 12.2. The highest BCUT2D eigenvalue weighted by Crippen LogP contribution is 2.32. The van der Waals surface area contributed by atoms with E-state index in [9.17, 15) is 4.79 Å². The first-order valence-corrected chi connectivity index (χ1v) is 9.37. The predicted octanol–water partition coefficient (Wildman–Crippen LogP) is 2.59. The highest BCUT2D eigenvalue weighted by Gasteiger charge is 2.28. The fourth-order valence-corrected chi connectivity index (χ4v) is 4.10. The van der Waals surface area contributed by atoms with Crippen LogP contribution in [0.25, 0.3) is 0 Å². The van der Waals surface area contributed by atoms with Gasteiger partial charge >= 0.3 is 0 Å². The smallest absolute Gasteiger partial charge is 0.222 e. The van der Waals surface area contributed by atoms with E-state index in [0.717, 1.165) is 55.4 Å². The monoisotopic (exact) mass is 358 g/mol. The number of likely N-dealkylation sites (tertiary alicyclic amines) is 1. The molecule has 1 fully saturated rings. The highest BCUT2D eigenvalue weighted by molar-refractivity contribution is 6.31. The summed E-state index contributed by atoms with van der Waals surface area (Å²) >= 11 is 6.30. The third-order valence-electron chi connectivity index (χ3n) is 5.20. The molecule has 0 bridgehead atoms. The maximum absolute atomic E-state index is 12.6. The Hall–Kier alpha value is -1.85. The Morgan fingerprint density at radius 3 is 3.04 bits per heavy atom. The molecule has 6 heteroatoms. The molecule has 5 nitrogen and oxygen atoms in total. The van der Waals surface area contributed by atoms with Crippen molar-refractivity contribution >= 4 is 17.5 Å². The van der Waals surface area contributed by atoms with Crippen molar-refractivity contribution in [2.75, 3.05) is 19.6 Å². The molecule has 1 saturated heterocycles. The number of carbonyl (C=O) groups is 1. The van der Waals surface area contributed by atoms with Gasteiger partial charge in [-0.2, -0.15) is 5.10 Å². The zero-order valence-corrected chi connectivity index (χ0v) is 15.0. The molecule has 1 atom stereocenters. The Kier molecular flexibility index (Phi) is 4.77. The van der Waals surface area contributed by atoms with E-state index in [1.54, 1.807) is 0 Å². The number of hydrogen-bond acceptors (Lipinski definition) is 3. The van der Waals surface area contributed by atoms with E-state index < -0.39 is 0 Å². The number of nitrogens with one attached hydrogen (secondary N) is 1. The Morgan fingerprint density at radius 2 is 2.20 bits per heavy atom. The zero-order valence-electron chi connectivity index (χ0n) is 14.2. The van der Waals surface area contributed by atoms with Crippen LogP contribution in [0.2, 0.25) is 5.02 Å². The number of benzene rings is 1. The van der Waals surface area contributed by atoms with Gasteiger partial charge in [-0.05, 0) is 24.1 Å². The summed E-state index contributed by atoms with van der Waals surface area (Å²) in [5.41, 5.74) is 3.40. The second-order valence-electron chi connectivity index (χ2n) is 6.87. The molecule has 3 heterocycles. The van der Waals surface area contributed by atoms with Gasteiger partial charge in [0.1, 0.15) is 0 Å². The first-order valence-electron chi connectivity index (χ1n) is 8.99. The van der Waals surface area contributed by atoms with Crippen LogP contribution in [0.15, 0.2) is 30.3 Å². The molecule has 1 aromatic heterocycles. The quantitative estimate of drug-likeness (QED) is 0.914. The normalized spacial score (nSPS) is 19.9.